The minimum Gasteiger partial charge on any atom is -0.492 e. The van der Waals surface area contributed by atoms with Gasteiger partial charge in [0.1, 0.15) is 12.4 Å². The van der Waals surface area contributed by atoms with Crippen LogP contribution in [-0.2, 0) is 0 Å². The summed E-state index contributed by atoms with van der Waals surface area (Å²) in [5, 5.41) is 11.9. The highest BCUT2D eigenvalue weighted by Crippen LogP contribution is 2.10. The Morgan fingerprint density at radius 1 is 1.40 bits per heavy atom. The van der Waals surface area contributed by atoms with Gasteiger partial charge in [-0.25, -0.2) is 4.79 Å². The number of rotatable bonds is 7. The van der Waals surface area contributed by atoms with E-state index in [2.05, 4.69) is 5.32 Å². The Hall–Kier alpha value is -1.75. The minimum atomic E-state index is -0.393. The molecule has 2 amide bonds. The molecule has 5 heteroatoms. The van der Waals surface area contributed by atoms with E-state index in [9.17, 15) is 4.79 Å². The second kappa shape index (κ2) is 8.43. The molecular formula is C15H24N2O3. The highest BCUT2D eigenvalue weighted by Gasteiger charge is 2.08. The maximum absolute atomic E-state index is 11.7. The molecule has 5 nitrogen and oxygen atoms in total. The van der Waals surface area contributed by atoms with Crippen LogP contribution in [0.5, 0.6) is 5.75 Å². The van der Waals surface area contributed by atoms with E-state index in [4.69, 9.17) is 9.84 Å². The van der Waals surface area contributed by atoms with Crippen molar-refractivity contribution in [2.24, 2.45) is 0 Å². The monoisotopic (exact) mass is 280 g/mol. The highest BCUT2D eigenvalue weighted by atomic mass is 16.5. The highest BCUT2D eigenvalue weighted by molar-refractivity contribution is 5.73. The molecule has 1 aromatic rings. The summed E-state index contributed by atoms with van der Waals surface area (Å²) in [6.07, 6.45) is 0.180. The van der Waals surface area contributed by atoms with Crippen LogP contribution < -0.4 is 10.1 Å². The number of aryl methyl sites for hydroxylation is 1. The molecule has 112 valence electrons. The molecule has 0 aliphatic carbocycles. The standard InChI is InChI=1S/C15H24N2O3/c1-12-4-6-14(7-5-12)20-11-9-16-15(19)17(3)10-8-13(2)18/h4-7,13,18H,8-11H2,1-3H3,(H,16,19). The van der Waals surface area contributed by atoms with Gasteiger partial charge in [-0.05, 0) is 32.4 Å². The first kappa shape index (κ1) is 16.3. The van der Waals surface area contributed by atoms with Crippen LogP contribution >= 0.6 is 0 Å². The Morgan fingerprint density at radius 2 is 2.05 bits per heavy atom. The molecule has 1 aromatic carbocycles. The van der Waals surface area contributed by atoms with E-state index >= 15 is 0 Å². The van der Waals surface area contributed by atoms with Gasteiger partial charge in [0.15, 0.2) is 0 Å². The van der Waals surface area contributed by atoms with Crippen LogP contribution in [0.3, 0.4) is 0 Å². The van der Waals surface area contributed by atoms with Crippen molar-refractivity contribution in [1.29, 1.82) is 0 Å². The third-order valence-corrected chi connectivity index (χ3v) is 2.90. The number of ether oxygens (including phenoxy) is 1. The summed E-state index contributed by atoms with van der Waals surface area (Å²) in [7, 11) is 1.71. The number of carbonyl (C=O) groups is 1. The van der Waals surface area contributed by atoms with Crippen molar-refractivity contribution < 1.29 is 14.6 Å². The van der Waals surface area contributed by atoms with Gasteiger partial charge in [-0.3, -0.25) is 0 Å². The molecule has 0 spiro atoms. The fourth-order valence-electron chi connectivity index (χ4n) is 1.58. The number of hydrogen-bond donors (Lipinski definition) is 2. The van der Waals surface area contributed by atoms with E-state index in [-0.39, 0.29) is 6.03 Å². The van der Waals surface area contributed by atoms with Crippen LogP contribution in [0.4, 0.5) is 4.79 Å². The lowest BCUT2D eigenvalue weighted by molar-refractivity contribution is 0.162. The smallest absolute Gasteiger partial charge is 0.317 e. The fourth-order valence-corrected chi connectivity index (χ4v) is 1.58. The van der Waals surface area contributed by atoms with E-state index in [1.54, 1.807) is 18.9 Å². The lowest BCUT2D eigenvalue weighted by atomic mass is 10.2. The summed E-state index contributed by atoms with van der Waals surface area (Å²) in [5.74, 6) is 0.798. The van der Waals surface area contributed by atoms with Gasteiger partial charge in [0.25, 0.3) is 0 Å². The van der Waals surface area contributed by atoms with Gasteiger partial charge < -0.3 is 20.1 Å². The van der Waals surface area contributed by atoms with E-state index in [1.165, 1.54) is 5.56 Å². The number of aliphatic hydroxyl groups is 1. The van der Waals surface area contributed by atoms with Gasteiger partial charge in [0, 0.05) is 13.6 Å². The summed E-state index contributed by atoms with van der Waals surface area (Å²) in [4.78, 5) is 13.2. The second-order valence-corrected chi connectivity index (χ2v) is 4.95. The molecule has 0 saturated heterocycles. The molecule has 2 N–H and O–H groups in total. The van der Waals surface area contributed by atoms with E-state index < -0.39 is 6.10 Å². The van der Waals surface area contributed by atoms with Gasteiger partial charge in [-0.1, -0.05) is 17.7 Å². The third-order valence-electron chi connectivity index (χ3n) is 2.90. The third kappa shape index (κ3) is 6.43. The average Bonchev–Trinajstić information content (AvgIpc) is 2.42. The predicted molar refractivity (Wildman–Crippen MR) is 79.0 cm³/mol. The lowest BCUT2D eigenvalue weighted by Crippen LogP contribution is -2.40. The molecule has 0 aliphatic heterocycles. The SMILES string of the molecule is Cc1ccc(OCCNC(=O)N(C)CCC(C)O)cc1. The first-order valence-corrected chi connectivity index (χ1v) is 6.85. The van der Waals surface area contributed by atoms with Crippen molar-refractivity contribution in [2.75, 3.05) is 26.7 Å². The topological polar surface area (TPSA) is 61.8 Å². The summed E-state index contributed by atoms with van der Waals surface area (Å²) in [5.41, 5.74) is 1.19. The van der Waals surface area contributed by atoms with Crippen LogP contribution in [0.2, 0.25) is 0 Å². The molecule has 0 aromatic heterocycles. The van der Waals surface area contributed by atoms with Crippen LogP contribution in [0.1, 0.15) is 18.9 Å². The Labute approximate surface area is 120 Å². The zero-order valence-corrected chi connectivity index (χ0v) is 12.4. The largest absolute Gasteiger partial charge is 0.492 e. The van der Waals surface area contributed by atoms with Crippen LogP contribution in [-0.4, -0.2) is 48.9 Å². The normalized spacial score (nSPS) is 11.8. The predicted octanol–water partition coefficient (Wildman–Crippen LogP) is 1.79. The summed E-state index contributed by atoms with van der Waals surface area (Å²) < 4.78 is 5.52. The Balaban J connectivity index is 2.17. The first-order valence-electron chi connectivity index (χ1n) is 6.85. The Kier molecular flexibility index (Phi) is 6.87. The number of nitrogens with one attached hydrogen (secondary N) is 1. The molecule has 20 heavy (non-hydrogen) atoms. The first-order chi connectivity index (χ1) is 9.49. The second-order valence-electron chi connectivity index (χ2n) is 4.95. The molecule has 0 heterocycles. The summed E-state index contributed by atoms with van der Waals surface area (Å²) in [6.45, 7) is 5.14. The average molecular weight is 280 g/mol. The van der Waals surface area contributed by atoms with Gasteiger partial charge >= 0.3 is 6.03 Å². The van der Waals surface area contributed by atoms with Gasteiger partial charge in [-0.15, -0.1) is 0 Å². The molecular weight excluding hydrogens is 256 g/mol. The van der Waals surface area contributed by atoms with Crippen molar-refractivity contribution in [3.8, 4) is 5.75 Å². The van der Waals surface area contributed by atoms with E-state index in [0.717, 1.165) is 5.75 Å². The Bertz CT molecular complexity index is 404. The Morgan fingerprint density at radius 3 is 2.65 bits per heavy atom. The molecule has 1 rings (SSSR count). The molecule has 0 fully saturated rings. The zero-order valence-electron chi connectivity index (χ0n) is 12.4. The molecule has 0 radical (unpaired) electrons. The number of carbonyl (C=O) groups excluding carboxylic acids is 1. The molecule has 0 saturated carbocycles. The number of urea groups is 1. The zero-order chi connectivity index (χ0) is 15.0. The van der Waals surface area contributed by atoms with Crippen molar-refractivity contribution in [3.05, 3.63) is 29.8 Å². The number of aliphatic hydroxyl groups excluding tert-OH is 1. The van der Waals surface area contributed by atoms with Crippen molar-refractivity contribution in [3.63, 3.8) is 0 Å². The van der Waals surface area contributed by atoms with E-state index in [1.807, 2.05) is 31.2 Å². The van der Waals surface area contributed by atoms with Crippen LogP contribution in [0, 0.1) is 6.92 Å². The molecule has 0 bridgehead atoms. The maximum atomic E-state index is 11.7. The van der Waals surface area contributed by atoms with Gasteiger partial charge in [0.05, 0.1) is 12.6 Å². The number of hydrogen-bond acceptors (Lipinski definition) is 3. The van der Waals surface area contributed by atoms with Crippen molar-refractivity contribution >= 4 is 6.03 Å². The summed E-state index contributed by atoms with van der Waals surface area (Å²) in [6, 6.07) is 7.63. The number of amides is 2. The summed E-state index contributed by atoms with van der Waals surface area (Å²) >= 11 is 0. The van der Waals surface area contributed by atoms with Crippen LogP contribution in [0.25, 0.3) is 0 Å². The van der Waals surface area contributed by atoms with Crippen molar-refractivity contribution in [1.82, 2.24) is 10.2 Å². The van der Waals surface area contributed by atoms with E-state index in [0.29, 0.717) is 26.1 Å². The quantitative estimate of drug-likeness (QED) is 0.749. The fraction of sp³-hybridized carbons (Fsp3) is 0.533. The maximum Gasteiger partial charge on any atom is 0.317 e. The van der Waals surface area contributed by atoms with Crippen LogP contribution in [0.15, 0.2) is 24.3 Å². The molecule has 0 aliphatic rings. The molecule has 1 unspecified atom stereocenters. The van der Waals surface area contributed by atoms with Gasteiger partial charge in [0.2, 0.25) is 0 Å². The van der Waals surface area contributed by atoms with Gasteiger partial charge in [-0.2, -0.15) is 0 Å². The number of benzene rings is 1. The van der Waals surface area contributed by atoms with Crippen molar-refractivity contribution in [2.45, 2.75) is 26.4 Å². The minimum absolute atomic E-state index is 0.154. The number of nitrogens with zero attached hydrogens (tertiary/aromatic N) is 1. The molecule has 1 atom stereocenters. The lowest BCUT2D eigenvalue weighted by Gasteiger charge is -2.18.